The van der Waals surface area contributed by atoms with Crippen LogP contribution in [-0.2, 0) is 4.74 Å². The average Bonchev–Trinajstić information content (AvgIpc) is 3.28. The molecule has 6 heteroatoms. The number of halogens is 1. The first-order chi connectivity index (χ1) is 9.62. The van der Waals surface area contributed by atoms with Gasteiger partial charge in [0.1, 0.15) is 0 Å². The third kappa shape index (κ3) is 6.69. The fourth-order valence-electron chi connectivity index (χ4n) is 2.60. The molecule has 2 aliphatic rings. The molecule has 1 aliphatic heterocycles. The van der Waals surface area contributed by atoms with Crippen LogP contribution in [0, 0.1) is 5.92 Å². The molecule has 0 aromatic heterocycles. The lowest BCUT2D eigenvalue weighted by Gasteiger charge is -2.41. The summed E-state index contributed by atoms with van der Waals surface area (Å²) in [6, 6.07) is 0. The number of hydrogen-bond donors (Lipinski definition) is 2. The molecule has 0 radical (unpaired) electrons. The Hall–Kier alpha value is -0.0800. The zero-order chi connectivity index (χ0) is 14.4. The summed E-state index contributed by atoms with van der Waals surface area (Å²) in [6.07, 6.45) is 4.10. The van der Waals surface area contributed by atoms with Crippen LogP contribution in [0.1, 0.15) is 33.1 Å². The highest BCUT2D eigenvalue weighted by Crippen LogP contribution is 2.31. The van der Waals surface area contributed by atoms with Crippen molar-refractivity contribution in [3.63, 3.8) is 0 Å². The largest absolute Gasteiger partial charge is 0.379 e. The van der Waals surface area contributed by atoms with Crippen LogP contribution in [0.15, 0.2) is 4.99 Å². The molecule has 2 rings (SSSR count). The van der Waals surface area contributed by atoms with E-state index in [0.717, 1.165) is 51.3 Å². The topological polar surface area (TPSA) is 48.9 Å². The van der Waals surface area contributed by atoms with E-state index in [1.807, 2.05) is 7.05 Å². The highest BCUT2D eigenvalue weighted by molar-refractivity contribution is 14.0. The number of morpholine rings is 1. The van der Waals surface area contributed by atoms with E-state index in [9.17, 15) is 0 Å². The van der Waals surface area contributed by atoms with Crippen molar-refractivity contribution < 1.29 is 4.74 Å². The Labute approximate surface area is 146 Å². The molecule has 2 N–H and O–H groups in total. The van der Waals surface area contributed by atoms with Gasteiger partial charge >= 0.3 is 0 Å². The lowest BCUT2D eigenvalue weighted by molar-refractivity contribution is -0.00833. The monoisotopic (exact) mass is 410 g/mol. The van der Waals surface area contributed by atoms with Crippen molar-refractivity contribution >= 4 is 29.9 Å². The van der Waals surface area contributed by atoms with Gasteiger partial charge in [0.2, 0.25) is 0 Å². The molecule has 0 atom stereocenters. The minimum atomic E-state index is 0. The van der Waals surface area contributed by atoms with Gasteiger partial charge in [-0.2, -0.15) is 0 Å². The Morgan fingerprint density at radius 1 is 1.24 bits per heavy atom. The van der Waals surface area contributed by atoms with Gasteiger partial charge < -0.3 is 15.4 Å². The van der Waals surface area contributed by atoms with Crippen LogP contribution in [0.2, 0.25) is 0 Å². The van der Waals surface area contributed by atoms with E-state index < -0.39 is 0 Å². The van der Waals surface area contributed by atoms with Gasteiger partial charge in [0.15, 0.2) is 5.96 Å². The molecule has 0 bridgehead atoms. The van der Waals surface area contributed by atoms with Crippen LogP contribution in [0.4, 0.5) is 0 Å². The predicted octanol–water partition coefficient (Wildman–Crippen LogP) is 1.68. The second kappa shape index (κ2) is 9.15. The van der Waals surface area contributed by atoms with E-state index in [1.165, 1.54) is 19.3 Å². The van der Waals surface area contributed by atoms with E-state index in [2.05, 4.69) is 34.4 Å². The average molecular weight is 410 g/mol. The molecule has 124 valence electrons. The van der Waals surface area contributed by atoms with E-state index in [-0.39, 0.29) is 29.5 Å². The summed E-state index contributed by atoms with van der Waals surface area (Å²) in [4.78, 5) is 6.79. The second-order valence-electron chi connectivity index (χ2n) is 6.50. The van der Waals surface area contributed by atoms with Gasteiger partial charge in [-0.1, -0.05) is 12.8 Å². The van der Waals surface area contributed by atoms with E-state index in [4.69, 9.17) is 4.74 Å². The number of aliphatic imine (C=N–C) groups is 1. The molecule has 0 spiro atoms. The quantitative estimate of drug-likeness (QED) is 0.398. The molecule has 1 saturated carbocycles. The Bertz CT molecular complexity index is 326. The van der Waals surface area contributed by atoms with Gasteiger partial charge in [0.25, 0.3) is 0 Å². The van der Waals surface area contributed by atoms with Crippen LogP contribution >= 0.6 is 24.0 Å². The van der Waals surface area contributed by atoms with Crippen molar-refractivity contribution in [1.82, 2.24) is 15.5 Å². The third-order valence-electron chi connectivity index (χ3n) is 4.32. The molecule has 0 aromatic carbocycles. The molecular weight excluding hydrogens is 379 g/mol. The molecule has 1 aliphatic carbocycles. The number of guanidine groups is 1. The molecule has 21 heavy (non-hydrogen) atoms. The number of ether oxygens (including phenoxy) is 1. The standard InChI is InChI=1S/C15H30N4O.HI/c1-15(2,19-8-10-20-11-9-19)12-18-14(16-3)17-7-6-13-4-5-13;/h13H,4-12H2,1-3H3,(H2,16,17,18);1H. The van der Waals surface area contributed by atoms with E-state index >= 15 is 0 Å². The molecule has 0 amide bonds. The number of hydrogen-bond acceptors (Lipinski definition) is 3. The minimum absolute atomic E-state index is 0. The maximum Gasteiger partial charge on any atom is 0.191 e. The zero-order valence-corrected chi connectivity index (χ0v) is 16.0. The lowest BCUT2D eigenvalue weighted by atomic mass is 10.0. The Morgan fingerprint density at radius 2 is 1.90 bits per heavy atom. The molecule has 0 unspecified atom stereocenters. The summed E-state index contributed by atoms with van der Waals surface area (Å²) in [6.45, 7) is 10.2. The molecule has 2 fully saturated rings. The van der Waals surface area contributed by atoms with Crippen LogP contribution in [-0.4, -0.2) is 62.8 Å². The van der Waals surface area contributed by atoms with E-state index in [0.29, 0.717) is 0 Å². The smallest absolute Gasteiger partial charge is 0.191 e. The summed E-state index contributed by atoms with van der Waals surface area (Å²) in [5.41, 5.74) is 0.123. The molecular formula is C15H31IN4O. The Morgan fingerprint density at radius 3 is 2.48 bits per heavy atom. The first-order valence-corrected chi connectivity index (χ1v) is 7.89. The van der Waals surface area contributed by atoms with Crippen LogP contribution in [0.3, 0.4) is 0 Å². The predicted molar refractivity (Wildman–Crippen MR) is 98.6 cm³/mol. The summed E-state index contributed by atoms with van der Waals surface area (Å²) < 4.78 is 5.42. The van der Waals surface area contributed by atoms with E-state index in [1.54, 1.807) is 0 Å². The maximum absolute atomic E-state index is 5.42. The molecule has 1 heterocycles. The van der Waals surface area contributed by atoms with Crippen molar-refractivity contribution in [2.45, 2.75) is 38.6 Å². The lowest BCUT2D eigenvalue weighted by Crippen LogP contribution is -2.56. The summed E-state index contributed by atoms with van der Waals surface area (Å²) >= 11 is 0. The Balaban J connectivity index is 0.00000220. The van der Waals surface area contributed by atoms with Crippen molar-refractivity contribution in [1.29, 1.82) is 0 Å². The van der Waals surface area contributed by atoms with Crippen molar-refractivity contribution in [3.8, 4) is 0 Å². The Kier molecular flexibility index (Phi) is 8.26. The van der Waals surface area contributed by atoms with Crippen LogP contribution in [0.5, 0.6) is 0 Å². The van der Waals surface area contributed by atoms with Gasteiger partial charge in [0.05, 0.1) is 13.2 Å². The molecule has 5 nitrogen and oxygen atoms in total. The van der Waals surface area contributed by atoms with Crippen molar-refractivity contribution in [2.75, 3.05) is 46.4 Å². The van der Waals surface area contributed by atoms with Crippen LogP contribution < -0.4 is 10.6 Å². The summed E-state index contributed by atoms with van der Waals surface area (Å²) in [5.74, 6) is 1.89. The van der Waals surface area contributed by atoms with Crippen molar-refractivity contribution in [3.05, 3.63) is 0 Å². The van der Waals surface area contributed by atoms with Crippen molar-refractivity contribution in [2.24, 2.45) is 10.9 Å². The first-order valence-electron chi connectivity index (χ1n) is 7.89. The van der Waals surface area contributed by atoms with Gasteiger partial charge in [-0.25, -0.2) is 0 Å². The second-order valence-corrected chi connectivity index (χ2v) is 6.50. The normalized spacial score (nSPS) is 20.8. The highest BCUT2D eigenvalue weighted by atomic mass is 127. The maximum atomic E-state index is 5.42. The summed E-state index contributed by atoms with van der Waals surface area (Å²) in [5, 5.41) is 6.87. The molecule has 0 aromatic rings. The third-order valence-corrected chi connectivity index (χ3v) is 4.32. The van der Waals surface area contributed by atoms with Gasteiger partial charge in [0, 0.05) is 38.8 Å². The fourth-order valence-corrected chi connectivity index (χ4v) is 2.60. The number of nitrogens with one attached hydrogen (secondary N) is 2. The summed E-state index contributed by atoms with van der Waals surface area (Å²) in [7, 11) is 1.84. The van der Waals surface area contributed by atoms with Crippen LogP contribution in [0.25, 0.3) is 0 Å². The van der Waals surface area contributed by atoms with Gasteiger partial charge in [-0.15, -0.1) is 24.0 Å². The molecule has 1 saturated heterocycles. The van der Waals surface area contributed by atoms with Gasteiger partial charge in [-0.05, 0) is 26.2 Å². The SMILES string of the molecule is CN=C(NCCC1CC1)NCC(C)(C)N1CCOCC1.I. The number of rotatable bonds is 6. The highest BCUT2D eigenvalue weighted by Gasteiger charge is 2.28. The number of nitrogens with zero attached hydrogens (tertiary/aromatic N) is 2. The zero-order valence-electron chi connectivity index (χ0n) is 13.7. The van der Waals surface area contributed by atoms with Gasteiger partial charge in [-0.3, -0.25) is 9.89 Å². The minimum Gasteiger partial charge on any atom is -0.379 e. The fraction of sp³-hybridized carbons (Fsp3) is 0.933. The first kappa shape index (κ1) is 19.0.